The van der Waals surface area contributed by atoms with Crippen LogP contribution in [0.2, 0.25) is 0 Å². The van der Waals surface area contributed by atoms with Gasteiger partial charge in [-0.05, 0) is 35.9 Å². The third kappa shape index (κ3) is 4.68. The van der Waals surface area contributed by atoms with Crippen molar-refractivity contribution in [3.05, 3.63) is 168 Å². The molecular formula is C45H29N3S3. The van der Waals surface area contributed by atoms with E-state index >= 15 is 0 Å². The van der Waals surface area contributed by atoms with Crippen LogP contribution in [0.1, 0.15) is 29.0 Å². The molecule has 0 fully saturated rings. The maximum Gasteiger partial charge on any atom is 0.131 e. The highest BCUT2D eigenvalue weighted by Crippen LogP contribution is 2.45. The molecule has 2 atom stereocenters. The maximum atomic E-state index is 5.42. The SMILES string of the molecule is c1ccc(C2NC(c3ccc4sc5c(-c6cccc7c6sc6ccccc67)cccc5c4c3)=NC(c3cccc4c3sc3ccccc34)N2)cc1. The molecule has 2 N–H and O–H groups in total. The quantitative estimate of drug-likeness (QED) is 0.191. The monoisotopic (exact) mass is 707 g/mol. The number of nitrogens with one attached hydrogen (secondary N) is 2. The Hall–Kier alpha value is -5.37. The smallest absolute Gasteiger partial charge is 0.131 e. The van der Waals surface area contributed by atoms with Gasteiger partial charge in [-0.1, -0.05) is 121 Å². The highest BCUT2D eigenvalue weighted by atomic mass is 32.1. The Balaban J connectivity index is 1.06. The van der Waals surface area contributed by atoms with Gasteiger partial charge in [0.2, 0.25) is 0 Å². The van der Waals surface area contributed by atoms with Gasteiger partial charge in [-0.15, -0.1) is 34.0 Å². The van der Waals surface area contributed by atoms with Gasteiger partial charge in [0, 0.05) is 82.8 Å². The number of nitrogens with zero attached hydrogens (tertiary/aromatic N) is 1. The summed E-state index contributed by atoms with van der Waals surface area (Å²) >= 11 is 5.63. The molecule has 0 spiro atoms. The van der Waals surface area contributed by atoms with Gasteiger partial charge >= 0.3 is 0 Å². The Morgan fingerprint density at radius 3 is 1.71 bits per heavy atom. The molecule has 6 heteroatoms. The molecule has 1 aliphatic rings. The average molecular weight is 708 g/mol. The minimum atomic E-state index is -0.216. The number of amidine groups is 1. The van der Waals surface area contributed by atoms with E-state index in [4.69, 9.17) is 4.99 Å². The summed E-state index contributed by atoms with van der Waals surface area (Å²) in [5.41, 5.74) is 6.08. The third-order valence-corrected chi connectivity index (χ3v) is 13.9. The summed E-state index contributed by atoms with van der Waals surface area (Å²) in [5.74, 6) is 0.901. The highest BCUT2D eigenvalue weighted by molar-refractivity contribution is 7.27. The first-order chi connectivity index (χ1) is 25.3. The summed E-state index contributed by atoms with van der Waals surface area (Å²) in [5, 5.41) is 15.4. The van der Waals surface area contributed by atoms with Gasteiger partial charge in [0.1, 0.15) is 18.2 Å². The molecule has 0 amide bonds. The molecular weight excluding hydrogens is 679 g/mol. The van der Waals surface area contributed by atoms with Crippen LogP contribution >= 0.6 is 34.0 Å². The highest BCUT2D eigenvalue weighted by Gasteiger charge is 2.27. The fourth-order valence-electron chi connectivity index (χ4n) is 7.78. The largest absolute Gasteiger partial charge is 0.350 e. The second-order valence-corrected chi connectivity index (χ2v) is 16.3. The molecule has 242 valence electrons. The zero-order valence-electron chi connectivity index (χ0n) is 27.3. The van der Waals surface area contributed by atoms with E-state index in [1.807, 2.05) is 34.0 Å². The first kappa shape index (κ1) is 29.4. The lowest BCUT2D eigenvalue weighted by Crippen LogP contribution is -2.44. The van der Waals surface area contributed by atoms with Crippen molar-refractivity contribution in [2.45, 2.75) is 12.3 Å². The molecule has 7 aromatic carbocycles. The van der Waals surface area contributed by atoms with Crippen LogP contribution in [0.5, 0.6) is 0 Å². The number of hydrogen-bond donors (Lipinski definition) is 2. The van der Waals surface area contributed by atoms with Gasteiger partial charge in [-0.25, -0.2) is 4.99 Å². The molecule has 0 saturated heterocycles. The summed E-state index contributed by atoms with van der Waals surface area (Å²) < 4.78 is 7.88. The van der Waals surface area contributed by atoms with Crippen LogP contribution in [0, 0.1) is 0 Å². The van der Waals surface area contributed by atoms with Crippen LogP contribution in [0.25, 0.3) is 71.6 Å². The van der Waals surface area contributed by atoms with E-state index < -0.39 is 0 Å². The van der Waals surface area contributed by atoms with Gasteiger partial charge < -0.3 is 5.32 Å². The first-order valence-corrected chi connectivity index (χ1v) is 19.6. The Morgan fingerprint density at radius 1 is 0.451 bits per heavy atom. The lowest BCUT2D eigenvalue weighted by atomic mass is 10.00. The van der Waals surface area contributed by atoms with Crippen molar-refractivity contribution in [1.29, 1.82) is 0 Å². The molecule has 2 unspecified atom stereocenters. The zero-order chi connectivity index (χ0) is 33.5. The molecule has 3 aromatic heterocycles. The molecule has 0 saturated carbocycles. The molecule has 11 rings (SSSR count). The Bertz CT molecular complexity index is 3000. The molecule has 0 radical (unpaired) electrons. The van der Waals surface area contributed by atoms with E-state index in [1.54, 1.807) is 0 Å². The van der Waals surface area contributed by atoms with Crippen LogP contribution < -0.4 is 10.6 Å². The predicted octanol–water partition coefficient (Wildman–Crippen LogP) is 12.8. The minimum Gasteiger partial charge on any atom is -0.350 e. The van der Waals surface area contributed by atoms with Crippen LogP contribution in [0.3, 0.4) is 0 Å². The van der Waals surface area contributed by atoms with Crippen molar-refractivity contribution < 1.29 is 0 Å². The zero-order valence-corrected chi connectivity index (χ0v) is 29.7. The van der Waals surface area contributed by atoms with Crippen molar-refractivity contribution in [1.82, 2.24) is 10.6 Å². The van der Waals surface area contributed by atoms with Crippen molar-refractivity contribution in [2.75, 3.05) is 0 Å². The maximum absolute atomic E-state index is 5.42. The molecule has 51 heavy (non-hydrogen) atoms. The number of benzene rings is 7. The normalized spacial score (nSPS) is 16.4. The number of aliphatic imine (C=N–C) groups is 1. The van der Waals surface area contributed by atoms with Gasteiger partial charge in [0.05, 0.1) is 0 Å². The topological polar surface area (TPSA) is 36.4 Å². The van der Waals surface area contributed by atoms with Gasteiger partial charge in [-0.3, -0.25) is 5.32 Å². The second-order valence-electron chi connectivity index (χ2n) is 13.1. The Morgan fingerprint density at radius 2 is 1.00 bits per heavy atom. The number of thiophene rings is 3. The molecule has 3 nitrogen and oxygen atoms in total. The Labute approximate surface area is 306 Å². The van der Waals surface area contributed by atoms with Crippen molar-refractivity contribution in [3.63, 3.8) is 0 Å². The van der Waals surface area contributed by atoms with Crippen molar-refractivity contribution in [3.8, 4) is 11.1 Å². The summed E-state index contributed by atoms with van der Waals surface area (Å²) in [4.78, 5) is 5.42. The van der Waals surface area contributed by atoms with E-state index in [1.165, 1.54) is 82.8 Å². The average Bonchev–Trinajstić information content (AvgIpc) is 3.89. The molecule has 4 heterocycles. The standard InChI is InChI=1S/C45H29N3S3/c1-2-11-26(12-3-1)43-46-44(48-45(47-43)35-20-10-16-31-29-14-5-7-22-38(29)50-42(31)35)27-23-24-39-36(25-27)34-19-9-18-33(41(34)51-39)32-17-8-15-30-28-13-4-6-21-37(28)49-40(30)32/h1-25,43,45,47H,(H,46,48). The van der Waals surface area contributed by atoms with Gasteiger partial charge in [-0.2, -0.15) is 0 Å². The molecule has 0 aliphatic carbocycles. The number of fused-ring (bicyclic) bond motifs is 9. The minimum absolute atomic E-state index is 0.100. The predicted molar refractivity (Wildman–Crippen MR) is 222 cm³/mol. The van der Waals surface area contributed by atoms with Crippen molar-refractivity contribution in [2.24, 2.45) is 4.99 Å². The second kappa shape index (κ2) is 11.6. The van der Waals surface area contributed by atoms with E-state index in [0.717, 1.165) is 11.4 Å². The van der Waals surface area contributed by atoms with Crippen molar-refractivity contribution >= 4 is 100 Å². The lowest BCUT2D eigenvalue weighted by Gasteiger charge is -2.32. The first-order valence-electron chi connectivity index (χ1n) is 17.2. The summed E-state index contributed by atoms with van der Waals surface area (Å²) in [6, 6.07) is 55.1. The van der Waals surface area contributed by atoms with Gasteiger partial charge in [0.15, 0.2) is 0 Å². The summed E-state index contributed by atoms with van der Waals surface area (Å²) in [6.45, 7) is 0. The van der Waals surface area contributed by atoms with E-state index in [2.05, 4.69) is 162 Å². The van der Waals surface area contributed by atoms with Gasteiger partial charge in [0.25, 0.3) is 0 Å². The molecule has 1 aliphatic heterocycles. The fourth-order valence-corrected chi connectivity index (χ4v) is 11.5. The van der Waals surface area contributed by atoms with Crippen LogP contribution in [-0.2, 0) is 0 Å². The van der Waals surface area contributed by atoms with Crippen LogP contribution in [-0.4, -0.2) is 5.84 Å². The van der Waals surface area contributed by atoms with E-state index in [-0.39, 0.29) is 12.3 Å². The summed E-state index contributed by atoms with van der Waals surface area (Å²) in [7, 11) is 0. The number of hydrogen-bond acceptors (Lipinski definition) is 6. The van der Waals surface area contributed by atoms with E-state index in [0.29, 0.717) is 0 Å². The lowest BCUT2D eigenvalue weighted by molar-refractivity contribution is 0.411. The fraction of sp³-hybridized carbons (Fsp3) is 0.0444. The Kier molecular flexibility index (Phi) is 6.67. The molecule has 0 bridgehead atoms. The number of rotatable bonds is 4. The van der Waals surface area contributed by atoms with E-state index in [9.17, 15) is 0 Å². The van der Waals surface area contributed by atoms with Crippen LogP contribution in [0.15, 0.2) is 157 Å². The molecule has 10 aromatic rings. The van der Waals surface area contributed by atoms with Crippen LogP contribution in [0.4, 0.5) is 0 Å². The summed E-state index contributed by atoms with van der Waals surface area (Å²) in [6.07, 6.45) is -0.316. The third-order valence-electron chi connectivity index (χ3n) is 10.2.